The van der Waals surface area contributed by atoms with Crippen LogP contribution in [0.4, 0.5) is 0 Å². The van der Waals surface area contributed by atoms with E-state index in [0.717, 1.165) is 0 Å². The Hall–Kier alpha value is 2.11. The van der Waals surface area contributed by atoms with Crippen molar-refractivity contribution in [1.29, 1.82) is 0 Å². The zero-order chi connectivity index (χ0) is 0. The second kappa shape index (κ2) is 829. The summed E-state index contributed by atoms with van der Waals surface area (Å²) >= 11 is 0. The maximum absolute atomic E-state index is 0. The minimum Gasteiger partial charge on any atom is -2.00 e. The SMILES string of the molecule is [Mo].[Mo].[O-2].[O-2].[O-2].[O-2].[O-2].[O-2].[O-2].[O-2].[O-2].[O-2].[O-2].[V].[V]. The molecule has 0 aromatic rings. The second-order valence-corrected chi connectivity index (χ2v) is 0. The van der Waals surface area contributed by atoms with Crippen LogP contribution in [0.5, 0.6) is 0 Å². The van der Waals surface area contributed by atoms with Crippen molar-refractivity contribution in [2.45, 2.75) is 0 Å². The van der Waals surface area contributed by atoms with Gasteiger partial charge in [-0.05, 0) is 0 Å². The molecular weight excluding hydrogens is 470 g/mol. The van der Waals surface area contributed by atoms with Crippen LogP contribution < -0.4 is 0 Å². The fourth-order valence-corrected chi connectivity index (χ4v) is 0. The van der Waals surface area contributed by atoms with Gasteiger partial charge in [-0.25, -0.2) is 0 Å². The molecule has 2 radical (unpaired) electrons. The van der Waals surface area contributed by atoms with E-state index in [4.69, 9.17) is 0 Å². The molecule has 0 aromatic heterocycles. The Morgan fingerprint density at radius 1 is 0.200 bits per heavy atom. The van der Waals surface area contributed by atoms with Crippen molar-refractivity contribution in [3.63, 3.8) is 0 Å². The van der Waals surface area contributed by atoms with Crippen molar-refractivity contribution in [2.75, 3.05) is 0 Å². The molecule has 0 atom stereocenters. The summed E-state index contributed by atoms with van der Waals surface area (Å²) in [5.74, 6) is 0. The third-order valence-corrected chi connectivity index (χ3v) is 0. The third-order valence-electron chi connectivity index (χ3n) is 0. The van der Waals surface area contributed by atoms with Crippen molar-refractivity contribution in [2.24, 2.45) is 0 Å². The molecule has 110 valence electrons. The largest absolute Gasteiger partial charge is 2.00 e. The van der Waals surface area contributed by atoms with Crippen LogP contribution in [0.15, 0.2) is 0 Å². The summed E-state index contributed by atoms with van der Waals surface area (Å²) in [6.07, 6.45) is 0. The van der Waals surface area contributed by atoms with Crippen molar-refractivity contribution >= 4 is 0 Å². The first-order valence-corrected chi connectivity index (χ1v) is 0. The van der Waals surface area contributed by atoms with E-state index in [1.165, 1.54) is 0 Å². The molecule has 0 aromatic carbocycles. The molecule has 0 amide bonds. The molecule has 0 aliphatic carbocycles. The van der Waals surface area contributed by atoms with E-state index >= 15 is 0 Å². The van der Waals surface area contributed by atoms with E-state index in [1.807, 2.05) is 0 Å². The molecule has 0 bridgehead atoms. The zero-order valence-corrected chi connectivity index (χ0v) is 13.0. The van der Waals surface area contributed by atoms with Crippen LogP contribution in [0.2, 0.25) is 0 Å². The molecule has 15 heteroatoms. The molecule has 0 fully saturated rings. The Morgan fingerprint density at radius 3 is 0.200 bits per heavy atom. The Morgan fingerprint density at radius 2 is 0.200 bits per heavy atom. The maximum Gasteiger partial charge on any atom is 0 e. The molecule has 11 nitrogen and oxygen atoms in total. The van der Waals surface area contributed by atoms with Gasteiger partial charge in [0.2, 0.25) is 0 Å². The summed E-state index contributed by atoms with van der Waals surface area (Å²) in [5.41, 5.74) is 0. The van der Waals surface area contributed by atoms with Crippen molar-refractivity contribution in [3.05, 3.63) is 0 Å². The molecule has 0 N–H and O–H groups in total. The molecule has 0 unspecified atom stereocenters. The predicted molar refractivity (Wildman–Crippen MR) is 7.55 cm³/mol. The molecule has 0 spiro atoms. The first kappa shape index (κ1) is 1000. The smallest absolute Gasteiger partial charge is 0 e. The first-order valence-electron chi connectivity index (χ1n) is 0. The molecule has 0 heterocycles. The van der Waals surface area contributed by atoms with Crippen LogP contribution in [0.3, 0.4) is 0 Å². The van der Waals surface area contributed by atoms with Gasteiger partial charge in [0, 0.05) is 79.2 Å². The summed E-state index contributed by atoms with van der Waals surface area (Å²) in [6.45, 7) is 0. The van der Waals surface area contributed by atoms with Crippen LogP contribution in [0.1, 0.15) is 0 Å². The van der Waals surface area contributed by atoms with E-state index in [0.29, 0.717) is 0 Å². The van der Waals surface area contributed by atoms with Crippen molar-refractivity contribution in [3.8, 4) is 0 Å². The van der Waals surface area contributed by atoms with E-state index in [-0.39, 0.29) is 139 Å². The fraction of sp³-hybridized carbons (Fsp3) is 0. The molecule has 0 saturated carbocycles. The standard InChI is InChI=1S/2Mo.11O.2V/q;;11*-2;;. The number of rotatable bonds is 0. The summed E-state index contributed by atoms with van der Waals surface area (Å²) in [4.78, 5) is 0. The van der Waals surface area contributed by atoms with Gasteiger partial charge in [-0.2, -0.15) is 0 Å². The van der Waals surface area contributed by atoms with Gasteiger partial charge in [-0.1, -0.05) is 0 Å². The van der Waals surface area contributed by atoms with E-state index in [2.05, 4.69) is 0 Å². The quantitative estimate of drug-likeness (QED) is 0.372. The molecule has 0 rings (SSSR count). The van der Waals surface area contributed by atoms with Crippen LogP contribution in [-0.2, 0) is 139 Å². The zero-order valence-electron chi connectivity index (χ0n) is 6.20. The van der Waals surface area contributed by atoms with Crippen LogP contribution in [-0.4, -0.2) is 0 Å². The van der Waals surface area contributed by atoms with Crippen molar-refractivity contribution in [1.82, 2.24) is 0 Å². The van der Waals surface area contributed by atoms with Crippen LogP contribution >= 0.6 is 0 Å². The first-order chi connectivity index (χ1) is 0. The average Bonchev–Trinajstić information content (AvgIpc) is 0. The van der Waals surface area contributed by atoms with Gasteiger partial charge in [-0.15, -0.1) is 0 Å². The van der Waals surface area contributed by atoms with Gasteiger partial charge in [0.25, 0.3) is 0 Å². The summed E-state index contributed by atoms with van der Waals surface area (Å²) in [6, 6.07) is 0. The average molecular weight is 470 g/mol. The molecular formula is Mo2O11V2-22. The monoisotopic (exact) mass is 474 g/mol. The topological polar surface area (TPSA) is 314 Å². The number of hydrogen-bond acceptors (Lipinski definition) is 0. The predicted octanol–water partition coefficient (Wildman–Crippen LogP) is -1.32. The molecule has 0 aliphatic heterocycles. The molecule has 0 saturated heterocycles. The molecule has 15 heavy (non-hydrogen) atoms. The Balaban J connectivity index is 0. The van der Waals surface area contributed by atoms with E-state index in [9.17, 15) is 0 Å². The fourth-order valence-electron chi connectivity index (χ4n) is 0. The van der Waals surface area contributed by atoms with Gasteiger partial charge in [0.15, 0.2) is 0 Å². The van der Waals surface area contributed by atoms with Crippen molar-refractivity contribution < 1.29 is 139 Å². The van der Waals surface area contributed by atoms with Crippen LogP contribution in [0, 0.1) is 0 Å². The van der Waals surface area contributed by atoms with Gasteiger partial charge >= 0.3 is 0 Å². The van der Waals surface area contributed by atoms with Gasteiger partial charge in [0.05, 0.1) is 0 Å². The van der Waals surface area contributed by atoms with Crippen LogP contribution in [0.25, 0.3) is 0 Å². The molecule has 0 aliphatic rings. The summed E-state index contributed by atoms with van der Waals surface area (Å²) in [5, 5.41) is 0. The summed E-state index contributed by atoms with van der Waals surface area (Å²) < 4.78 is 0. The Labute approximate surface area is 138 Å². The minimum absolute atomic E-state index is 0. The normalized spacial score (nSPS) is 0. The Kier molecular flexibility index (Phi) is 55300. The third kappa shape index (κ3) is 723. The van der Waals surface area contributed by atoms with E-state index in [1.54, 1.807) is 0 Å². The minimum atomic E-state index is 0. The van der Waals surface area contributed by atoms with Gasteiger partial charge in [-0.3, -0.25) is 0 Å². The summed E-state index contributed by atoms with van der Waals surface area (Å²) in [7, 11) is 0. The van der Waals surface area contributed by atoms with Gasteiger partial charge < -0.3 is 60.2 Å². The Bertz CT molecular complexity index is 16.5. The second-order valence-electron chi connectivity index (χ2n) is 0. The maximum atomic E-state index is 0. The van der Waals surface area contributed by atoms with Gasteiger partial charge in [0.1, 0.15) is 0 Å². The van der Waals surface area contributed by atoms with E-state index < -0.39 is 0 Å². The number of hydrogen-bond donors (Lipinski definition) is 0.